The van der Waals surface area contributed by atoms with Crippen molar-refractivity contribution in [2.75, 3.05) is 13.1 Å². The Bertz CT molecular complexity index is 1460. The third kappa shape index (κ3) is 3.02. The lowest BCUT2D eigenvalue weighted by Gasteiger charge is -2.15. The summed E-state index contributed by atoms with van der Waals surface area (Å²) >= 11 is 0. The smallest absolute Gasteiger partial charge is 0.257 e. The van der Waals surface area contributed by atoms with E-state index < -0.39 is 15.8 Å². The summed E-state index contributed by atoms with van der Waals surface area (Å²) in [6, 6.07) is 12.3. The summed E-state index contributed by atoms with van der Waals surface area (Å²) in [7, 11) is -3.64. The summed E-state index contributed by atoms with van der Waals surface area (Å²) in [5.74, 6) is -0.432. The lowest BCUT2D eigenvalue weighted by molar-refractivity contribution is 0.472. The average Bonchev–Trinajstić information content (AvgIpc) is 3.33. The van der Waals surface area contributed by atoms with Crippen LogP contribution < -0.4 is 11.3 Å². The highest BCUT2D eigenvalue weighted by atomic mass is 32.2. The number of benzene rings is 2. The van der Waals surface area contributed by atoms with Crippen LogP contribution in [0, 0.1) is 5.82 Å². The van der Waals surface area contributed by atoms with Gasteiger partial charge in [0.25, 0.3) is 5.56 Å². The number of nitrogens with zero attached hydrogens (tertiary/aromatic N) is 1. The summed E-state index contributed by atoms with van der Waals surface area (Å²) in [6.07, 6.45) is 0.636. The monoisotopic (exact) mass is 426 g/mol. The van der Waals surface area contributed by atoms with Crippen LogP contribution in [0.5, 0.6) is 0 Å². The average molecular weight is 426 g/mol. The Morgan fingerprint density at radius 1 is 1.07 bits per heavy atom. The van der Waals surface area contributed by atoms with E-state index in [0.717, 1.165) is 0 Å². The van der Waals surface area contributed by atoms with Crippen molar-refractivity contribution in [3.05, 3.63) is 64.7 Å². The Labute approximate surface area is 171 Å². The van der Waals surface area contributed by atoms with Crippen molar-refractivity contribution in [3.8, 4) is 11.3 Å². The van der Waals surface area contributed by atoms with Crippen LogP contribution in [0.2, 0.25) is 0 Å². The van der Waals surface area contributed by atoms with E-state index in [2.05, 4.69) is 9.97 Å². The van der Waals surface area contributed by atoms with E-state index in [0.29, 0.717) is 47.0 Å². The highest BCUT2D eigenvalue weighted by Gasteiger charge is 2.31. The molecule has 2 aromatic heterocycles. The van der Waals surface area contributed by atoms with E-state index in [-0.39, 0.29) is 22.1 Å². The maximum Gasteiger partial charge on any atom is 0.257 e. The molecule has 30 heavy (non-hydrogen) atoms. The number of hydrogen-bond acceptors (Lipinski definition) is 4. The number of aromatic amines is 2. The molecule has 0 amide bonds. The second kappa shape index (κ2) is 6.76. The zero-order valence-electron chi connectivity index (χ0n) is 15.9. The first-order chi connectivity index (χ1) is 14.3. The van der Waals surface area contributed by atoms with Gasteiger partial charge in [-0.1, -0.05) is 6.07 Å². The number of fused-ring (bicyclic) bond motifs is 2. The third-order valence-corrected chi connectivity index (χ3v) is 7.40. The molecule has 0 radical (unpaired) electrons. The number of aromatic nitrogens is 2. The minimum atomic E-state index is -3.64. The summed E-state index contributed by atoms with van der Waals surface area (Å²) in [5.41, 5.74) is 7.34. The zero-order valence-corrected chi connectivity index (χ0v) is 16.7. The van der Waals surface area contributed by atoms with Crippen LogP contribution in [0.4, 0.5) is 4.39 Å². The highest BCUT2D eigenvalue weighted by molar-refractivity contribution is 7.89. The van der Waals surface area contributed by atoms with Gasteiger partial charge in [0.15, 0.2) is 0 Å². The van der Waals surface area contributed by atoms with E-state index in [1.807, 2.05) is 0 Å². The number of halogens is 1. The predicted octanol–water partition coefficient (Wildman–Crippen LogP) is 2.54. The van der Waals surface area contributed by atoms with Gasteiger partial charge in [0.05, 0.1) is 21.7 Å². The topological polar surface area (TPSA) is 112 Å². The van der Waals surface area contributed by atoms with Crippen LogP contribution >= 0.6 is 0 Å². The van der Waals surface area contributed by atoms with Crippen LogP contribution in [-0.4, -0.2) is 41.8 Å². The number of hydrogen-bond donors (Lipinski definition) is 3. The summed E-state index contributed by atoms with van der Waals surface area (Å²) in [6.45, 7) is 0.703. The molecule has 4 N–H and O–H groups in total. The highest BCUT2D eigenvalue weighted by Crippen LogP contribution is 2.28. The molecule has 5 rings (SSSR count). The number of nitrogens with one attached hydrogen (secondary N) is 2. The van der Waals surface area contributed by atoms with Crippen LogP contribution in [0.1, 0.15) is 6.42 Å². The van der Waals surface area contributed by atoms with Crippen LogP contribution in [0.15, 0.2) is 58.2 Å². The van der Waals surface area contributed by atoms with Gasteiger partial charge < -0.3 is 15.7 Å². The summed E-state index contributed by atoms with van der Waals surface area (Å²) in [5, 5.41) is 0.946. The number of H-pyrrole nitrogens is 2. The van der Waals surface area contributed by atoms with Gasteiger partial charge in [-0.05, 0) is 48.9 Å². The maximum absolute atomic E-state index is 14.2. The van der Waals surface area contributed by atoms with E-state index in [1.54, 1.807) is 24.3 Å². The molecule has 0 bridgehead atoms. The van der Waals surface area contributed by atoms with Gasteiger partial charge in [0.1, 0.15) is 5.82 Å². The molecule has 0 spiro atoms. The van der Waals surface area contributed by atoms with Gasteiger partial charge in [-0.15, -0.1) is 0 Å². The number of nitrogens with two attached hydrogens (primary N) is 1. The van der Waals surface area contributed by atoms with Crippen molar-refractivity contribution in [1.29, 1.82) is 0 Å². The normalized spacial score (nSPS) is 17.9. The fourth-order valence-corrected chi connectivity index (χ4v) is 5.48. The van der Waals surface area contributed by atoms with E-state index in [9.17, 15) is 17.6 Å². The van der Waals surface area contributed by atoms with Gasteiger partial charge in [0, 0.05) is 35.4 Å². The summed E-state index contributed by atoms with van der Waals surface area (Å²) in [4.78, 5) is 18.5. The van der Waals surface area contributed by atoms with Crippen molar-refractivity contribution in [3.63, 3.8) is 0 Å². The van der Waals surface area contributed by atoms with Gasteiger partial charge in [0.2, 0.25) is 10.0 Å². The molecular formula is C21H19FN4O3S. The molecule has 1 unspecified atom stereocenters. The van der Waals surface area contributed by atoms with Crippen molar-refractivity contribution in [2.45, 2.75) is 17.4 Å². The van der Waals surface area contributed by atoms with Crippen molar-refractivity contribution >= 4 is 31.8 Å². The second-order valence-corrected chi connectivity index (χ2v) is 9.50. The van der Waals surface area contributed by atoms with Crippen molar-refractivity contribution in [1.82, 2.24) is 14.3 Å². The molecule has 9 heteroatoms. The van der Waals surface area contributed by atoms with E-state index in [4.69, 9.17) is 5.73 Å². The molecule has 2 aromatic carbocycles. The quantitative estimate of drug-likeness (QED) is 0.467. The number of pyridine rings is 1. The Balaban J connectivity index is 1.60. The second-order valence-electron chi connectivity index (χ2n) is 7.56. The van der Waals surface area contributed by atoms with Crippen molar-refractivity contribution < 1.29 is 12.8 Å². The Morgan fingerprint density at radius 2 is 1.90 bits per heavy atom. The maximum atomic E-state index is 14.2. The van der Waals surface area contributed by atoms with E-state index >= 15 is 0 Å². The fourth-order valence-electron chi connectivity index (χ4n) is 3.93. The number of sulfonamides is 1. The molecule has 0 aliphatic carbocycles. The predicted molar refractivity (Wildman–Crippen MR) is 113 cm³/mol. The first-order valence-electron chi connectivity index (χ1n) is 9.53. The van der Waals surface area contributed by atoms with Gasteiger partial charge >= 0.3 is 0 Å². The first kappa shape index (κ1) is 19.0. The lowest BCUT2D eigenvalue weighted by Crippen LogP contribution is -2.31. The summed E-state index contributed by atoms with van der Waals surface area (Å²) < 4.78 is 41.4. The molecule has 154 valence electrons. The minimum absolute atomic E-state index is 0.151. The van der Waals surface area contributed by atoms with E-state index in [1.165, 1.54) is 28.6 Å². The molecule has 0 saturated carbocycles. The third-order valence-electron chi connectivity index (χ3n) is 5.54. The fraction of sp³-hybridized carbons (Fsp3) is 0.190. The Kier molecular flexibility index (Phi) is 4.28. The molecule has 1 saturated heterocycles. The van der Waals surface area contributed by atoms with Crippen LogP contribution in [-0.2, 0) is 10.0 Å². The van der Waals surface area contributed by atoms with Gasteiger partial charge in [-0.2, -0.15) is 4.31 Å². The standard InChI is InChI=1S/C21H19FN4O3S/c22-17-2-1-3-19-15(17)10-16(21(27)25-19)20-9-12-8-14(4-5-18(12)24-20)30(28,29)26-7-6-13(23)11-26/h1-5,8-10,13,24H,6-7,11,23H2,(H,25,27). The molecule has 1 aliphatic heterocycles. The largest absolute Gasteiger partial charge is 0.354 e. The van der Waals surface area contributed by atoms with Crippen molar-refractivity contribution in [2.24, 2.45) is 5.73 Å². The van der Waals surface area contributed by atoms with Crippen LogP contribution in [0.25, 0.3) is 33.1 Å². The SMILES string of the molecule is NC1CCN(S(=O)(=O)c2ccc3[nH]c(-c4cc5c(F)cccc5[nH]c4=O)cc3c2)C1. The Morgan fingerprint density at radius 3 is 2.67 bits per heavy atom. The molecule has 1 aliphatic rings. The molecule has 1 fully saturated rings. The molecule has 1 atom stereocenters. The number of rotatable bonds is 3. The molecule has 4 aromatic rings. The zero-order chi connectivity index (χ0) is 21.0. The van der Waals surface area contributed by atoms with Crippen LogP contribution in [0.3, 0.4) is 0 Å². The lowest BCUT2D eigenvalue weighted by atomic mass is 10.1. The molecule has 7 nitrogen and oxygen atoms in total. The minimum Gasteiger partial charge on any atom is -0.354 e. The molecular weight excluding hydrogens is 407 g/mol. The van der Waals surface area contributed by atoms with Gasteiger partial charge in [-0.25, -0.2) is 12.8 Å². The molecule has 3 heterocycles. The van der Waals surface area contributed by atoms with Gasteiger partial charge in [-0.3, -0.25) is 4.79 Å². The Hall–Kier alpha value is -3.01. The first-order valence-corrected chi connectivity index (χ1v) is 11.0.